The highest BCUT2D eigenvalue weighted by molar-refractivity contribution is 5.71. The number of hydrogen-bond acceptors (Lipinski definition) is 4. The molecule has 1 unspecified atom stereocenters. The predicted molar refractivity (Wildman–Crippen MR) is 44.3 cm³/mol. The van der Waals surface area contributed by atoms with Crippen molar-refractivity contribution in [2.75, 3.05) is 20.2 Å². The molecule has 0 aromatic heterocycles. The van der Waals surface area contributed by atoms with Gasteiger partial charge < -0.3 is 4.74 Å². The lowest BCUT2D eigenvalue weighted by Crippen LogP contribution is -2.33. The number of ether oxygens (including phenoxy) is 1. The van der Waals surface area contributed by atoms with Gasteiger partial charge in [-0.2, -0.15) is 5.26 Å². The Morgan fingerprint density at radius 3 is 2.75 bits per heavy atom. The van der Waals surface area contributed by atoms with Crippen LogP contribution >= 0.6 is 0 Å². The summed E-state index contributed by atoms with van der Waals surface area (Å²) >= 11 is 0. The lowest BCUT2D eigenvalue weighted by molar-refractivity contribution is -0.144. The lowest BCUT2D eigenvalue weighted by Gasteiger charge is -2.16. The molecule has 0 fully saturated rings. The first kappa shape index (κ1) is 10.9. The maximum absolute atomic E-state index is 10.9. The summed E-state index contributed by atoms with van der Waals surface area (Å²) in [6.07, 6.45) is 0. The van der Waals surface area contributed by atoms with Crippen molar-refractivity contribution in [3.63, 3.8) is 0 Å². The second-order valence-corrected chi connectivity index (χ2v) is 2.53. The molecule has 0 bridgehead atoms. The Hall–Kier alpha value is -1.08. The van der Waals surface area contributed by atoms with Crippen LogP contribution < -0.4 is 0 Å². The highest BCUT2D eigenvalue weighted by atomic mass is 16.5. The zero-order valence-electron chi connectivity index (χ0n) is 7.70. The number of nitrogens with zero attached hydrogens (tertiary/aromatic N) is 2. The average Bonchev–Trinajstić information content (AvgIpc) is 2.03. The molecular formula is C8H14N2O2. The zero-order chi connectivity index (χ0) is 9.56. The summed E-state index contributed by atoms with van der Waals surface area (Å²) in [7, 11) is 1.71. The molecule has 0 aromatic carbocycles. The molecule has 0 aromatic rings. The van der Waals surface area contributed by atoms with Gasteiger partial charge >= 0.3 is 5.97 Å². The van der Waals surface area contributed by atoms with Crippen LogP contribution in [0.3, 0.4) is 0 Å². The topological polar surface area (TPSA) is 53.3 Å². The van der Waals surface area contributed by atoms with Crippen molar-refractivity contribution in [2.45, 2.75) is 19.9 Å². The van der Waals surface area contributed by atoms with Crippen LogP contribution in [0.5, 0.6) is 0 Å². The van der Waals surface area contributed by atoms with Gasteiger partial charge in [-0.25, -0.2) is 0 Å². The summed E-state index contributed by atoms with van der Waals surface area (Å²) in [4.78, 5) is 12.5. The Labute approximate surface area is 72.7 Å². The van der Waals surface area contributed by atoms with Crippen molar-refractivity contribution in [1.29, 1.82) is 5.26 Å². The molecule has 0 heterocycles. The highest BCUT2D eigenvalue weighted by Crippen LogP contribution is 1.93. The summed E-state index contributed by atoms with van der Waals surface area (Å²) in [5, 5.41) is 8.50. The standard InChI is InChI=1S/C8H14N2O2/c1-4-12-8(11)6-10(3)7(2)5-9/h7H,4,6H2,1-3H3. The number of carbonyl (C=O) groups excluding carboxylic acids is 1. The molecule has 0 aliphatic heterocycles. The van der Waals surface area contributed by atoms with Crippen LogP contribution in [-0.4, -0.2) is 37.1 Å². The van der Waals surface area contributed by atoms with Gasteiger partial charge in [0.1, 0.15) is 0 Å². The van der Waals surface area contributed by atoms with Crippen LogP contribution in [0.15, 0.2) is 0 Å². The Morgan fingerprint density at radius 2 is 2.33 bits per heavy atom. The van der Waals surface area contributed by atoms with Crippen LogP contribution in [0.4, 0.5) is 0 Å². The minimum atomic E-state index is -0.290. The number of nitriles is 1. The number of carbonyl (C=O) groups is 1. The summed E-state index contributed by atoms with van der Waals surface area (Å²) in [5.74, 6) is -0.290. The van der Waals surface area contributed by atoms with E-state index in [-0.39, 0.29) is 18.6 Å². The van der Waals surface area contributed by atoms with Gasteiger partial charge in [-0.05, 0) is 20.9 Å². The maximum atomic E-state index is 10.9. The molecule has 0 saturated carbocycles. The molecule has 1 atom stereocenters. The Balaban J connectivity index is 3.77. The normalized spacial score (nSPS) is 12.2. The number of likely N-dealkylation sites (N-methyl/N-ethyl adjacent to an activating group) is 1. The second-order valence-electron chi connectivity index (χ2n) is 2.53. The maximum Gasteiger partial charge on any atom is 0.320 e. The van der Waals surface area contributed by atoms with Crippen LogP contribution in [-0.2, 0) is 9.53 Å². The molecule has 0 aliphatic rings. The monoisotopic (exact) mass is 170 g/mol. The van der Waals surface area contributed by atoms with Crippen LogP contribution in [0, 0.1) is 11.3 Å². The molecule has 0 aliphatic carbocycles. The fraction of sp³-hybridized carbons (Fsp3) is 0.750. The van der Waals surface area contributed by atoms with E-state index in [1.54, 1.807) is 25.8 Å². The first-order valence-electron chi connectivity index (χ1n) is 3.87. The largest absolute Gasteiger partial charge is 0.465 e. The van der Waals surface area contributed by atoms with E-state index >= 15 is 0 Å². The van der Waals surface area contributed by atoms with Gasteiger partial charge in [-0.1, -0.05) is 0 Å². The minimum Gasteiger partial charge on any atom is -0.465 e. The number of rotatable bonds is 4. The smallest absolute Gasteiger partial charge is 0.320 e. The van der Waals surface area contributed by atoms with E-state index in [0.29, 0.717) is 6.61 Å². The molecule has 0 spiro atoms. The van der Waals surface area contributed by atoms with E-state index in [9.17, 15) is 4.79 Å². The highest BCUT2D eigenvalue weighted by Gasteiger charge is 2.12. The number of esters is 1. The third-order valence-corrected chi connectivity index (χ3v) is 1.53. The van der Waals surface area contributed by atoms with Crippen molar-refractivity contribution in [2.24, 2.45) is 0 Å². The molecule has 0 saturated heterocycles. The van der Waals surface area contributed by atoms with Gasteiger partial charge in [0.15, 0.2) is 0 Å². The quantitative estimate of drug-likeness (QED) is 0.573. The summed E-state index contributed by atoms with van der Waals surface area (Å²) in [6, 6.07) is 1.78. The van der Waals surface area contributed by atoms with Crippen molar-refractivity contribution < 1.29 is 9.53 Å². The predicted octanol–water partition coefficient (Wildman–Crippen LogP) is 0.393. The zero-order valence-corrected chi connectivity index (χ0v) is 7.70. The molecule has 4 heteroatoms. The third-order valence-electron chi connectivity index (χ3n) is 1.53. The van der Waals surface area contributed by atoms with Gasteiger partial charge in [-0.3, -0.25) is 9.69 Å². The van der Waals surface area contributed by atoms with Gasteiger partial charge in [0.25, 0.3) is 0 Å². The van der Waals surface area contributed by atoms with E-state index in [1.807, 2.05) is 6.07 Å². The van der Waals surface area contributed by atoms with E-state index in [4.69, 9.17) is 10.00 Å². The van der Waals surface area contributed by atoms with Crippen LogP contribution in [0.25, 0.3) is 0 Å². The van der Waals surface area contributed by atoms with Crippen LogP contribution in [0.1, 0.15) is 13.8 Å². The molecule has 0 radical (unpaired) electrons. The molecule has 4 nitrogen and oxygen atoms in total. The Kier molecular flexibility index (Phi) is 5.06. The summed E-state index contributed by atoms with van der Waals surface area (Å²) in [5.41, 5.74) is 0. The molecular weight excluding hydrogens is 156 g/mol. The molecule has 68 valence electrons. The third kappa shape index (κ3) is 3.94. The van der Waals surface area contributed by atoms with Crippen molar-refractivity contribution >= 4 is 5.97 Å². The fourth-order valence-electron chi connectivity index (χ4n) is 0.646. The molecule has 0 amide bonds. The van der Waals surface area contributed by atoms with E-state index < -0.39 is 0 Å². The Morgan fingerprint density at radius 1 is 1.75 bits per heavy atom. The second kappa shape index (κ2) is 5.56. The Bertz CT molecular complexity index is 186. The van der Waals surface area contributed by atoms with Crippen LogP contribution in [0.2, 0.25) is 0 Å². The van der Waals surface area contributed by atoms with Gasteiger partial charge in [-0.15, -0.1) is 0 Å². The van der Waals surface area contributed by atoms with Gasteiger partial charge in [0, 0.05) is 0 Å². The summed E-state index contributed by atoms with van der Waals surface area (Å²) in [6.45, 7) is 4.04. The van der Waals surface area contributed by atoms with E-state index in [1.165, 1.54) is 0 Å². The van der Waals surface area contributed by atoms with Gasteiger partial charge in [0.05, 0.1) is 25.3 Å². The van der Waals surface area contributed by atoms with Gasteiger partial charge in [0.2, 0.25) is 0 Å². The fourth-order valence-corrected chi connectivity index (χ4v) is 0.646. The average molecular weight is 170 g/mol. The molecule has 0 N–H and O–H groups in total. The molecule has 12 heavy (non-hydrogen) atoms. The SMILES string of the molecule is CCOC(=O)CN(C)C(C)C#N. The lowest BCUT2D eigenvalue weighted by atomic mass is 10.3. The number of hydrogen-bond donors (Lipinski definition) is 0. The van der Waals surface area contributed by atoms with Crippen molar-refractivity contribution in [3.8, 4) is 6.07 Å². The van der Waals surface area contributed by atoms with E-state index in [0.717, 1.165) is 0 Å². The van der Waals surface area contributed by atoms with E-state index in [2.05, 4.69) is 0 Å². The van der Waals surface area contributed by atoms with Crippen molar-refractivity contribution in [1.82, 2.24) is 4.90 Å². The minimum absolute atomic E-state index is 0.169. The first-order chi connectivity index (χ1) is 5.61. The van der Waals surface area contributed by atoms with Crippen molar-refractivity contribution in [3.05, 3.63) is 0 Å². The first-order valence-corrected chi connectivity index (χ1v) is 3.87. The molecule has 0 rings (SSSR count). The summed E-state index contributed by atoms with van der Waals surface area (Å²) < 4.78 is 4.72.